The van der Waals surface area contributed by atoms with E-state index in [0.717, 1.165) is 5.75 Å². The van der Waals surface area contributed by atoms with E-state index in [4.69, 9.17) is 12.2 Å². The predicted octanol–water partition coefficient (Wildman–Crippen LogP) is 0.842. The minimum absolute atomic E-state index is 0.0937. The van der Waals surface area contributed by atoms with Gasteiger partial charge in [0.05, 0.1) is 11.8 Å². The van der Waals surface area contributed by atoms with Gasteiger partial charge < -0.3 is 11.1 Å². The number of terminal acetylenes is 1. The number of thioether (sulfide) groups is 1. The summed E-state index contributed by atoms with van der Waals surface area (Å²) in [4.78, 5) is 11.5. The Morgan fingerprint density at radius 2 is 2.20 bits per heavy atom. The van der Waals surface area contributed by atoms with Gasteiger partial charge in [0.2, 0.25) is 5.91 Å². The highest BCUT2D eigenvalue weighted by Crippen LogP contribution is 2.16. The Hall–Kier alpha value is -0.660. The van der Waals surface area contributed by atoms with E-state index in [1.54, 1.807) is 11.8 Å². The van der Waals surface area contributed by atoms with Gasteiger partial charge in [-0.1, -0.05) is 26.7 Å². The molecule has 0 rings (SSSR count). The molecule has 0 aromatic carbocycles. The van der Waals surface area contributed by atoms with Gasteiger partial charge in [-0.3, -0.25) is 4.79 Å². The smallest absolute Gasteiger partial charge is 0.237 e. The second-order valence-electron chi connectivity index (χ2n) is 4.39. The quantitative estimate of drug-likeness (QED) is 0.541. The fourth-order valence-electron chi connectivity index (χ4n) is 0.881. The van der Waals surface area contributed by atoms with Crippen LogP contribution in [-0.4, -0.2) is 30.0 Å². The minimum atomic E-state index is -0.463. The largest absolute Gasteiger partial charge is 0.354 e. The van der Waals surface area contributed by atoms with Gasteiger partial charge in [0.25, 0.3) is 0 Å². The topological polar surface area (TPSA) is 55.1 Å². The van der Waals surface area contributed by atoms with Crippen molar-refractivity contribution in [3.8, 4) is 12.3 Å². The SMILES string of the molecule is C#CCSCCNC(=O)[C@H](N)C(C)(C)C. The average Bonchev–Trinajstić information content (AvgIpc) is 2.14. The number of carbonyl (C=O) groups is 1. The van der Waals surface area contributed by atoms with Crippen molar-refractivity contribution in [3.63, 3.8) is 0 Å². The van der Waals surface area contributed by atoms with Crippen LogP contribution in [0.2, 0.25) is 0 Å². The van der Waals surface area contributed by atoms with Crippen LogP contribution in [-0.2, 0) is 4.79 Å². The molecule has 0 radical (unpaired) electrons. The molecule has 0 aliphatic carbocycles. The van der Waals surface area contributed by atoms with E-state index in [1.165, 1.54) is 0 Å². The van der Waals surface area contributed by atoms with Gasteiger partial charge in [-0.2, -0.15) is 0 Å². The molecule has 0 aliphatic heterocycles. The number of hydrogen-bond donors (Lipinski definition) is 2. The third-order valence-electron chi connectivity index (χ3n) is 1.95. The lowest BCUT2D eigenvalue weighted by Crippen LogP contribution is -2.49. The molecule has 15 heavy (non-hydrogen) atoms. The zero-order valence-corrected chi connectivity index (χ0v) is 10.5. The van der Waals surface area contributed by atoms with Crippen molar-refractivity contribution in [1.82, 2.24) is 5.32 Å². The first kappa shape index (κ1) is 14.3. The molecule has 0 aromatic heterocycles. The summed E-state index contributed by atoms with van der Waals surface area (Å²) < 4.78 is 0. The molecule has 0 bridgehead atoms. The van der Waals surface area contributed by atoms with Gasteiger partial charge in [0.1, 0.15) is 0 Å². The highest BCUT2D eigenvalue weighted by Gasteiger charge is 2.26. The highest BCUT2D eigenvalue weighted by molar-refractivity contribution is 7.99. The van der Waals surface area contributed by atoms with E-state index in [9.17, 15) is 4.79 Å². The van der Waals surface area contributed by atoms with Crippen molar-refractivity contribution >= 4 is 17.7 Å². The van der Waals surface area contributed by atoms with Gasteiger partial charge >= 0.3 is 0 Å². The fraction of sp³-hybridized carbons (Fsp3) is 0.727. The van der Waals surface area contributed by atoms with Gasteiger partial charge in [-0.25, -0.2) is 0 Å². The molecule has 86 valence electrons. The van der Waals surface area contributed by atoms with Crippen LogP contribution in [0.5, 0.6) is 0 Å². The number of carbonyl (C=O) groups excluding carboxylic acids is 1. The van der Waals surface area contributed by atoms with Crippen molar-refractivity contribution in [2.75, 3.05) is 18.1 Å². The summed E-state index contributed by atoms with van der Waals surface area (Å²) in [5, 5.41) is 2.79. The van der Waals surface area contributed by atoms with Crippen molar-refractivity contribution in [1.29, 1.82) is 0 Å². The Labute approximate surface area is 96.6 Å². The van der Waals surface area contributed by atoms with Crippen LogP contribution < -0.4 is 11.1 Å². The molecule has 1 atom stereocenters. The van der Waals surface area contributed by atoms with Crippen LogP contribution in [0.1, 0.15) is 20.8 Å². The summed E-state index contributed by atoms with van der Waals surface area (Å²) in [5.41, 5.74) is 5.59. The lowest BCUT2D eigenvalue weighted by atomic mass is 9.87. The summed E-state index contributed by atoms with van der Waals surface area (Å²) >= 11 is 1.62. The van der Waals surface area contributed by atoms with Gasteiger partial charge in [-0.05, 0) is 5.41 Å². The van der Waals surface area contributed by atoms with E-state index in [0.29, 0.717) is 12.3 Å². The van der Waals surface area contributed by atoms with Crippen molar-refractivity contribution in [2.24, 2.45) is 11.1 Å². The summed E-state index contributed by atoms with van der Waals surface area (Å²) in [6, 6.07) is -0.463. The molecule has 4 heteroatoms. The summed E-state index contributed by atoms with van der Waals surface area (Å²) in [6.45, 7) is 6.47. The summed E-state index contributed by atoms with van der Waals surface area (Å²) in [6.07, 6.45) is 5.10. The van der Waals surface area contributed by atoms with Crippen molar-refractivity contribution < 1.29 is 4.79 Å². The highest BCUT2D eigenvalue weighted by atomic mass is 32.2. The third kappa shape index (κ3) is 6.43. The van der Waals surface area contributed by atoms with Crippen molar-refractivity contribution in [3.05, 3.63) is 0 Å². The normalized spacial score (nSPS) is 13.0. The summed E-state index contributed by atoms with van der Waals surface area (Å²) in [7, 11) is 0. The molecule has 3 N–H and O–H groups in total. The molecule has 0 saturated heterocycles. The Morgan fingerprint density at radius 1 is 1.60 bits per heavy atom. The maximum absolute atomic E-state index is 11.5. The zero-order chi connectivity index (χ0) is 11.9. The molecule has 0 spiro atoms. The van der Waals surface area contributed by atoms with E-state index in [1.807, 2.05) is 20.8 Å². The Balaban J connectivity index is 3.71. The van der Waals surface area contributed by atoms with Crippen LogP contribution >= 0.6 is 11.8 Å². The zero-order valence-electron chi connectivity index (χ0n) is 9.67. The van der Waals surface area contributed by atoms with E-state index in [2.05, 4.69) is 11.2 Å². The molecule has 0 aromatic rings. The average molecular weight is 228 g/mol. The van der Waals surface area contributed by atoms with E-state index < -0.39 is 6.04 Å². The monoisotopic (exact) mass is 228 g/mol. The van der Waals surface area contributed by atoms with E-state index >= 15 is 0 Å². The van der Waals surface area contributed by atoms with Crippen LogP contribution in [0.25, 0.3) is 0 Å². The first-order valence-corrected chi connectivity index (χ1v) is 6.09. The fourth-order valence-corrected chi connectivity index (χ4v) is 1.39. The molecular weight excluding hydrogens is 208 g/mol. The molecule has 0 unspecified atom stereocenters. The lowest BCUT2D eigenvalue weighted by Gasteiger charge is -2.25. The van der Waals surface area contributed by atoms with Gasteiger partial charge in [0.15, 0.2) is 0 Å². The molecule has 0 fully saturated rings. The second kappa shape index (κ2) is 6.76. The number of hydrogen-bond acceptors (Lipinski definition) is 3. The number of amides is 1. The molecule has 0 saturated carbocycles. The Kier molecular flexibility index (Phi) is 6.46. The van der Waals surface area contributed by atoms with Gasteiger partial charge in [0, 0.05) is 12.3 Å². The minimum Gasteiger partial charge on any atom is -0.354 e. The Morgan fingerprint density at radius 3 is 2.67 bits per heavy atom. The molecule has 0 heterocycles. The maximum atomic E-state index is 11.5. The van der Waals surface area contributed by atoms with Crippen LogP contribution in [0.3, 0.4) is 0 Å². The maximum Gasteiger partial charge on any atom is 0.237 e. The predicted molar refractivity (Wildman–Crippen MR) is 66.6 cm³/mol. The first-order valence-electron chi connectivity index (χ1n) is 4.94. The van der Waals surface area contributed by atoms with Crippen molar-refractivity contribution in [2.45, 2.75) is 26.8 Å². The third-order valence-corrected chi connectivity index (χ3v) is 2.81. The number of nitrogens with one attached hydrogen (secondary N) is 1. The van der Waals surface area contributed by atoms with Gasteiger partial charge in [-0.15, -0.1) is 18.2 Å². The summed E-state index contributed by atoms with van der Waals surface area (Å²) in [5.74, 6) is 3.94. The number of rotatable bonds is 5. The number of nitrogens with two attached hydrogens (primary N) is 1. The lowest BCUT2D eigenvalue weighted by molar-refractivity contribution is -0.124. The Bertz CT molecular complexity index is 240. The first-order chi connectivity index (χ1) is 6.89. The molecule has 0 aliphatic rings. The molecule has 3 nitrogen and oxygen atoms in total. The van der Waals surface area contributed by atoms with E-state index in [-0.39, 0.29) is 11.3 Å². The van der Waals surface area contributed by atoms with Crippen LogP contribution in [0.15, 0.2) is 0 Å². The second-order valence-corrected chi connectivity index (χ2v) is 5.50. The van der Waals surface area contributed by atoms with Crippen LogP contribution in [0.4, 0.5) is 0 Å². The van der Waals surface area contributed by atoms with Crippen LogP contribution in [0, 0.1) is 17.8 Å². The molecular formula is C11H20N2OS. The molecule has 1 amide bonds. The standard InChI is InChI=1S/C11H20N2OS/c1-5-7-15-8-6-13-10(14)9(12)11(2,3)4/h1,9H,6-8,12H2,2-4H3,(H,13,14)/t9-/m0/s1.